The Morgan fingerprint density at radius 1 is 0.384 bits per heavy atom. The van der Waals surface area contributed by atoms with E-state index in [-0.39, 0.29) is 46.8 Å². The van der Waals surface area contributed by atoms with E-state index in [2.05, 4.69) is 141 Å². The number of nitrogens with one attached hydrogen (secondary N) is 7. The number of carbonyl (C=O) groups excluding carboxylic acids is 4. The van der Waals surface area contributed by atoms with Gasteiger partial charge < -0.3 is 56.3 Å². The molecule has 0 amide bonds. The molecule has 7 N–H and O–H groups in total. The van der Waals surface area contributed by atoms with Crippen LogP contribution in [0.3, 0.4) is 0 Å². The highest BCUT2D eigenvalue weighted by Gasteiger charge is 2.29. The highest BCUT2D eigenvalue weighted by molar-refractivity contribution is 6.34. The molecule has 19 nitrogen and oxygen atoms in total. The van der Waals surface area contributed by atoms with Crippen molar-refractivity contribution < 1.29 is 33.4 Å². The second-order valence-corrected chi connectivity index (χ2v) is 37.4. The van der Waals surface area contributed by atoms with E-state index in [0.717, 1.165) is 284 Å². The molecule has 0 radical (unpaired) electrons. The van der Waals surface area contributed by atoms with Crippen molar-refractivity contribution in [2.75, 3.05) is 146 Å². The van der Waals surface area contributed by atoms with Crippen LogP contribution in [-0.4, -0.2) is 173 Å². The Morgan fingerprint density at radius 2 is 0.720 bits per heavy atom. The zero-order valence-electron chi connectivity index (χ0n) is 73.4. The fourth-order valence-electron chi connectivity index (χ4n) is 18.7. The number of hydrogen-bond acceptors (Lipinski definition) is 19. The topological polar surface area (TPSA) is 235 Å². The van der Waals surface area contributed by atoms with Crippen LogP contribution in [0, 0.1) is 47.3 Å². The Labute approximate surface area is 762 Å². The summed E-state index contributed by atoms with van der Waals surface area (Å²) in [5.41, 5.74) is 15.4. The summed E-state index contributed by atoms with van der Waals surface area (Å²) in [4.78, 5) is 71.2. The third-order valence-corrected chi connectivity index (χ3v) is 27.5. The Morgan fingerprint density at radius 3 is 1.06 bits per heavy atom. The molecule has 4 aromatic carbocycles. The molecule has 8 fully saturated rings. The van der Waals surface area contributed by atoms with Crippen molar-refractivity contribution >= 4 is 92.3 Å². The number of carbonyl (C=O) groups is 4. The number of Topliss-reactive ketones (excluding diaryl/α,β-unsaturated/α-hetero) is 4. The van der Waals surface area contributed by atoms with E-state index in [0.29, 0.717) is 64.2 Å². The second-order valence-electron chi connectivity index (χ2n) is 35.8. The van der Waals surface area contributed by atoms with Crippen LogP contribution in [0.15, 0.2) is 146 Å². The van der Waals surface area contributed by atoms with Crippen molar-refractivity contribution in [1.29, 1.82) is 0 Å². The smallest absolute Gasteiger partial charge is 0.143 e. The number of piperidine rings is 4. The molecule has 4 aromatic heterocycles. The summed E-state index contributed by atoms with van der Waals surface area (Å²) in [6, 6.07) is 41.3. The summed E-state index contributed by atoms with van der Waals surface area (Å²) in [5.74, 6) is 4.16. The van der Waals surface area contributed by atoms with Gasteiger partial charge in [-0.2, -0.15) is 0 Å². The molecule has 670 valence electrons. The minimum Gasteiger partial charge on any atom is -0.385 e. The van der Waals surface area contributed by atoms with Crippen LogP contribution in [0.4, 0.5) is 22.7 Å². The molecule has 0 bridgehead atoms. The van der Waals surface area contributed by atoms with Crippen molar-refractivity contribution in [2.45, 2.75) is 173 Å². The number of methoxy groups -OCH3 is 1. The lowest BCUT2D eigenvalue weighted by atomic mass is 9.89. The summed E-state index contributed by atoms with van der Waals surface area (Å²) >= 11 is 26.0. The number of likely N-dealkylation sites (tertiary alicyclic amines) is 1. The van der Waals surface area contributed by atoms with Gasteiger partial charge in [0.2, 0.25) is 0 Å². The summed E-state index contributed by atoms with van der Waals surface area (Å²) in [7, 11) is 1.72. The maximum Gasteiger partial charge on any atom is 0.143 e. The van der Waals surface area contributed by atoms with Gasteiger partial charge in [0.25, 0.3) is 0 Å². The Kier molecular flexibility index (Phi) is 38.6. The highest BCUT2D eigenvalue weighted by Crippen LogP contribution is 2.37. The van der Waals surface area contributed by atoms with E-state index in [1.165, 1.54) is 77.0 Å². The van der Waals surface area contributed by atoms with E-state index in [4.69, 9.17) is 60.6 Å². The molecule has 2 saturated carbocycles. The van der Waals surface area contributed by atoms with E-state index in [9.17, 15) is 19.2 Å². The first-order valence-electron chi connectivity index (χ1n) is 46.7. The first-order valence-corrected chi connectivity index (χ1v) is 48.2. The van der Waals surface area contributed by atoms with E-state index in [1.807, 2.05) is 42.5 Å². The molecule has 0 spiro atoms. The van der Waals surface area contributed by atoms with Crippen molar-refractivity contribution in [1.82, 2.24) is 40.8 Å². The standard InChI is InChI=1S/C27H36ClN3O3.C26H34ClN3O.C25H32ClN3O.C24H30ClN3O2/c1-33-13-10-31-9-3-5-22(19-31)27(32)16-24-15-25(26(28)18-30-24)21-4-2-6-23(14-21)29-17-20-7-11-34-12-8-20;27-25-18-30-23(15-26(31)21-10-6-12-28-17-21)14-24(25)20-9-5-11-22(13-20)29-16-19-7-3-1-2-4-8-19;26-24-17-29-22(14-25(30)20-9-5-11-27-16-20)13-23(24)19-8-4-10-21(12-19)28-15-18-6-2-1-3-7-18;25-23-15-28-21(12-24(29)19-6-2-8-26-14-19)11-22(23)18-5-1-7-20(10-18)27-13-17-4-3-9-30-16-17/h2,4,6,14-15,18,20,22,29H,3,5,7-13,16-17,19H2,1H3;5,9,11,13-14,18-19,21,28-29H,1-4,6-8,10,12,15-17H2;4,8,10,12-13,17-18,20,27-28H,1-3,5-7,9,11,14-16H2;1,5,7,10-11,15,17,19,26-27H,2-4,6,8-9,12-14,16H2/t22-;21-;20-;17?,19-/m1111/s1. The summed E-state index contributed by atoms with van der Waals surface area (Å²) in [5, 5.41) is 26.8. The van der Waals surface area contributed by atoms with E-state index < -0.39 is 0 Å². The molecule has 125 heavy (non-hydrogen) atoms. The Hall–Kier alpha value is -7.76. The Bertz CT molecular complexity index is 4560. The van der Waals surface area contributed by atoms with Gasteiger partial charge in [0.05, 0.1) is 33.3 Å². The highest BCUT2D eigenvalue weighted by atomic mass is 35.5. The number of pyridine rings is 4. The number of halogens is 4. The van der Waals surface area contributed by atoms with Crippen LogP contribution in [-0.2, 0) is 59.1 Å². The van der Waals surface area contributed by atoms with Crippen molar-refractivity contribution in [3.63, 3.8) is 0 Å². The van der Waals surface area contributed by atoms with Gasteiger partial charge in [-0.15, -0.1) is 0 Å². The van der Waals surface area contributed by atoms with Gasteiger partial charge in [-0.3, -0.25) is 39.1 Å². The number of rotatable bonds is 31. The minimum atomic E-state index is 0.0595. The molecule has 23 heteroatoms. The predicted octanol–water partition coefficient (Wildman–Crippen LogP) is 20.5. The third-order valence-electron chi connectivity index (χ3n) is 26.3. The van der Waals surface area contributed by atoms with Gasteiger partial charge >= 0.3 is 0 Å². The molecular weight excluding hydrogens is 1650 g/mol. The molecule has 1 unspecified atom stereocenters. The van der Waals surface area contributed by atoms with Crippen LogP contribution in [0.1, 0.15) is 170 Å². The van der Waals surface area contributed by atoms with Gasteiger partial charge in [-0.25, -0.2) is 0 Å². The first kappa shape index (κ1) is 94.8. The average Bonchev–Trinajstić information content (AvgIpc) is 0.891. The van der Waals surface area contributed by atoms with Crippen LogP contribution in [0.2, 0.25) is 20.1 Å². The summed E-state index contributed by atoms with van der Waals surface area (Å²) in [6.07, 6.45) is 35.7. The van der Waals surface area contributed by atoms with Gasteiger partial charge in [0, 0.05) is 228 Å². The molecule has 6 aliphatic heterocycles. The van der Waals surface area contributed by atoms with E-state index >= 15 is 0 Å². The monoisotopic (exact) mass is 1780 g/mol. The fraction of sp³-hybridized carbons (Fsp3) is 0.529. The molecule has 5 atom stereocenters. The summed E-state index contributed by atoms with van der Waals surface area (Å²) in [6.45, 7) is 16.1. The molecule has 8 aromatic rings. The van der Waals surface area contributed by atoms with Crippen molar-refractivity contribution in [2.24, 2.45) is 47.3 Å². The molecular formula is C102H132Cl4N12O7. The number of anilines is 4. The van der Waals surface area contributed by atoms with Crippen LogP contribution in [0.5, 0.6) is 0 Å². The Balaban J connectivity index is 0.000000143. The lowest BCUT2D eigenvalue weighted by molar-refractivity contribution is -0.124. The quantitative estimate of drug-likeness (QED) is 0.0200. The zero-order valence-corrected chi connectivity index (χ0v) is 76.4. The number of ether oxygens (including phenoxy) is 3. The molecule has 16 rings (SSSR count). The maximum atomic E-state index is 13.1. The molecule has 6 saturated heterocycles. The van der Waals surface area contributed by atoms with Crippen molar-refractivity contribution in [3.05, 3.63) is 189 Å². The third kappa shape index (κ3) is 30.4. The number of benzene rings is 4. The van der Waals surface area contributed by atoms with Crippen molar-refractivity contribution in [3.8, 4) is 44.5 Å². The lowest BCUT2D eigenvalue weighted by Crippen LogP contribution is -2.40. The van der Waals surface area contributed by atoms with Gasteiger partial charge in [0.15, 0.2) is 0 Å². The largest absolute Gasteiger partial charge is 0.385 e. The molecule has 2 aliphatic carbocycles. The van der Waals surface area contributed by atoms with Crippen LogP contribution in [0.25, 0.3) is 44.5 Å². The van der Waals surface area contributed by atoms with Crippen LogP contribution >= 0.6 is 46.4 Å². The number of nitrogens with zero attached hydrogens (tertiary/aromatic N) is 5. The van der Waals surface area contributed by atoms with Gasteiger partial charge in [0.1, 0.15) is 23.1 Å². The maximum absolute atomic E-state index is 13.1. The zero-order chi connectivity index (χ0) is 86.7. The molecule has 10 heterocycles. The number of aromatic nitrogens is 4. The van der Waals surface area contributed by atoms with Gasteiger partial charge in [-0.05, 0) is 248 Å². The minimum absolute atomic E-state index is 0.0595. The normalized spacial score (nSPS) is 20.5. The lowest BCUT2D eigenvalue weighted by Gasteiger charge is -2.31. The second kappa shape index (κ2) is 50.8. The number of hydrogen-bond donors (Lipinski definition) is 7. The van der Waals surface area contributed by atoms with E-state index in [1.54, 1.807) is 31.9 Å². The first-order chi connectivity index (χ1) is 61.2. The number of ketones is 4. The predicted molar refractivity (Wildman–Crippen MR) is 510 cm³/mol. The SMILES string of the molecule is COCCN1CCC[C@@H](C(=O)Cc2cc(-c3cccc(NCC4CCOCC4)c3)c(Cl)cn2)C1.O=C(Cc1cc(-c2cccc(NCC3CCCCC3)c2)c(Cl)cn1)[C@@H]1CCCNC1.O=C(Cc1cc(-c2cccc(NCC3CCCCCC3)c2)c(Cl)cn1)[C@@H]1CCCNC1.O=C(Cc1cc(-c2cccc(NCC3CCCOC3)c2)c(Cl)cn1)[C@@H]1CCCNC1. The fourth-order valence-corrected chi connectivity index (χ4v) is 19.6. The average molecular weight is 1780 g/mol. The summed E-state index contributed by atoms with van der Waals surface area (Å²) < 4.78 is 16.2. The van der Waals surface area contributed by atoms with Crippen LogP contribution < -0.4 is 37.2 Å². The molecule has 8 aliphatic rings. The van der Waals surface area contributed by atoms with Gasteiger partial charge in [-0.1, -0.05) is 140 Å².